The summed E-state index contributed by atoms with van der Waals surface area (Å²) in [6.07, 6.45) is -0.187. The van der Waals surface area contributed by atoms with Crippen LogP contribution in [0.25, 0.3) is 0 Å². The molecule has 1 spiro atoms. The molecule has 0 unspecified atom stereocenters. The Morgan fingerprint density at radius 1 is 1.31 bits per heavy atom. The molecular formula is C9H17N2O4S+. The Morgan fingerprint density at radius 2 is 1.88 bits per heavy atom. The van der Waals surface area contributed by atoms with Crippen LogP contribution in [0, 0.1) is 0 Å². The van der Waals surface area contributed by atoms with E-state index in [0.717, 1.165) is 0 Å². The van der Waals surface area contributed by atoms with Crippen molar-refractivity contribution in [3.8, 4) is 0 Å². The maximum absolute atomic E-state index is 11.4. The molecule has 2 aliphatic heterocycles. The number of hydrogen-bond donors (Lipinski definition) is 2. The van der Waals surface area contributed by atoms with Gasteiger partial charge in [0.2, 0.25) is 0 Å². The number of nitrogens with two attached hydrogens (primary N) is 1. The highest BCUT2D eigenvalue weighted by molar-refractivity contribution is 7.91. The van der Waals surface area contributed by atoms with Crippen LogP contribution in [0.5, 0.6) is 0 Å². The first-order valence-electron chi connectivity index (χ1n) is 5.38. The highest BCUT2D eigenvalue weighted by atomic mass is 32.2. The van der Waals surface area contributed by atoms with E-state index >= 15 is 0 Å². The van der Waals surface area contributed by atoms with Crippen molar-refractivity contribution in [2.75, 3.05) is 31.1 Å². The van der Waals surface area contributed by atoms with Crippen molar-refractivity contribution in [1.29, 1.82) is 0 Å². The minimum Gasteiger partial charge on any atom is -0.387 e. The summed E-state index contributed by atoms with van der Waals surface area (Å²) in [7, 11) is -2.96. The summed E-state index contributed by atoms with van der Waals surface area (Å²) in [5, 5.41) is 9.62. The van der Waals surface area contributed by atoms with E-state index in [4.69, 9.17) is 5.73 Å². The molecule has 0 aromatic heterocycles. The zero-order valence-corrected chi connectivity index (χ0v) is 9.82. The van der Waals surface area contributed by atoms with Gasteiger partial charge in [-0.1, -0.05) is 0 Å². The topological polar surface area (TPSA) is 97.5 Å². The second-order valence-corrected chi connectivity index (χ2v) is 7.11. The van der Waals surface area contributed by atoms with Crippen molar-refractivity contribution in [2.24, 2.45) is 5.73 Å². The summed E-state index contributed by atoms with van der Waals surface area (Å²) in [6, 6.07) is -0.425. The standard InChI is InChI=1S/C9H16N2O4S/c10-9(13)8-5-7(12)6-11(8)1-3-16(14,15)4-2-11/h7-8,12H,1-6H2,(H-,10,13)/p+1/t7-,8+/m1/s1. The van der Waals surface area contributed by atoms with Crippen LogP contribution >= 0.6 is 0 Å². The molecule has 0 aromatic carbocycles. The first-order valence-corrected chi connectivity index (χ1v) is 7.20. The van der Waals surface area contributed by atoms with E-state index in [0.29, 0.717) is 30.5 Å². The molecule has 2 aliphatic rings. The molecule has 2 saturated heterocycles. The predicted octanol–water partition coefficient (Wildman–Crippen LogP) is -2.15. The van der Waals surface area contributed by atoms with Crippen LogP contribution in [0.3, 0.4) is 0 Å². The Bertz CT molecular complexity index is 392. The molecule has 1 amide bonds. The van der Waals surface area contributed by atoms with Gasteiger partial charge in [0.05, 0.1) is 24.6 Å². The van der Waals surface area contributed by atoms with Gasteiger partial charge in [-0.2, -0.15) is 0 Å². The van der Waals surface area contributed by atoms with E-state index in [2.05, 4.69) is 0 Å². The number of amides is 1. The lowest BCUT2D eigenvalue weighted by atomic mass is 10.1. The van der Waals surface area contributed by atoms with E-state index in [-0.39, 0.29) is 11.5 Å². The summed E-state index contributed by atoms with van der Waals surface area (Å²) in [5.41, 5.74) is 5.32. The lowest BCUT2D eigenvalue weighted by Crippen LogP contribution is -2.62. The van der Waals surface area contributed by atoms with Crippen LogP contribution in [0.4, 0.5) is 0 Å². The van der Waals surface area contributed by atoms with Crippen LogP contribution in [-0.4, -0.2) is 67.2 Å². The van der Waals surface area contributed by atoms with Gasteiger partial charge in [0.15, 0.2) is 15.9 Å². The van der Waals surface area contributed by atoms with Gasteiger partial charge < -0.3 is 15.3 Å². The van der Waals surface area contributed by atoms with Gasteiger partial charge in [-0.05, 0) is 0 Å². The van der Waals surface area contributed by atoms with Gasteiger partial charge in [0, 0.05) is 6.42 Å². The molecule has 0 bridgehead atoms. The fourth-order valence-electron chi connectivity index (χ4n) is 2.84. The van der Waals surface area contributed by atoms with Crippen LogP contribution in [-0.2, 0) is 14.6 Å². The molecule has 7 heteroatoms. The first kappa shape index (κ1) is 11.8. The van der Waals surface area contributed by atoms with Gasteiger partial charge in [-0.15, -0.1) is 0 Å². The molecule has 0 aromatic rings. The zero-order valence-electron chi connectivity index (χ0n) is 9.00. The molecule has 16 heavy (non-hydrogen) atoms. The molecular weight excluding hydrogens is 232 g/mol. The minimum absolute atomic E-state index is 0.0868. The fourth-order valence-corrected chi connectivity index (χ4v) is 4.33. The number of nitrogens with zero attached hydrogens (tertiary/aromatic N) is 1. The highest BCUT2D eigenvalue weighted by Gasteiger charge is 2.51. The second kappa shape index (κ2) is 3.68. The number of hydrogen-bond acceptors (Lipinski definition) is 4. The molecule has 2 heterocycles. The quantitative estimate of drug-likeness (QED) is 0.518. The van der Waals surface area contributed by atoms with E-state index in [9.17, 15) is 18.3 Å². The minimum atomic E-state index is -2.96. The van der Waals surface area contributed by atoms with E-state index in [1.165, 1.54) is 0 Å². The third kappa shape index (κ3) is 1.94. The Kier molecular flexibility index (Phi) is 2.72. The summed E-state index contributed by atoms with van der Waals surface area (Å²) in [6.45, 7) is 1.24. The van der Waals surface area contributed by atoms with Gasteiger partial charge in [0.1, 0.15) is 12.6 Å². The largest absolute Gasteiger partial charge is 0.387 e. The van der Waals surface area contributed by atoms with Crippen LogP contribution in [0.1, 0.15) is 6.42 Å². The number of carbonyl (C=O) groups is 1. The Balaban J connectivity index is 2.21. The molecule has 3 N–H and O–H groups in total. The molecule has 2 atom stereocenters. The van der Waals surface area contributed by atoms with E-state index in [1.54, 1.807) is 0 Å². The number of rotatable bonds is 1. The third-order valence-electron chi connectivity index (χ3n) is 3.75. The summed E-state index contributed by atoms with van der Waals surface area (Å²) in [4.78, 5) is 11.3. The van der Waals surface area contributed by atoms with E-state index < -0.39 is 27.9 Å². The highest BCUT2D eigenvalue weighted by Crippen LogP contribution is 2.29. The average molecular weight is 249 g/mol. The maximum Gasteiger partial charge on any atom is 0.275 e. The maximum atomic E-state index is 11.4. The number of quaternary nitrogens is 1. The Hall–Kier alpha value is -0.660. The molecule has 2 fully saturated rings. The van der Waals surface area contributed by atoms with E-state index in [1.807, 2.05) is 0 Å². The fraction of sp³-hybridized carbons (Fsp3) is 0.889. The molecule has 92 valence electrons. The number of carbonyl (C=O) groups excluding carboxylic acids is 1. The van der Waals surface area contributed by atoms with Crippen LogP contribution < -0.4 is 5.73 Å². The number of aliphatic hydroxyl groups excluding tert-OH is 1. The Morgan fingerprint density at radius 3 is 2.38 bits per heavy atom. The molecule has 2 rings (SSSR count). The van der Waals surface area contributed by atoms with Gasteiger partial charge in [-0.25, -0.2) is 8.42 Å². The van der Waals surface area contributed by atoms with Gasteiger partial charge in [-0.3, -0.25) is 4.79 Å². The summed E-state index contributed by atoms with van der Waals surface area (Å²) >= 11 is 0. The monoisotopic (exact) mass is 249 g/mol. The van der Waals surface area contributed by atoms with Crippen molar-refractivity contribution < 1.29 is 22.8 Å². The molecule has 0 radical (unpaired) electrons. The normalized spacial score (nSPS) is 36.3. The summed E-state index contributed by atoms with van der Waals surface area (Å²) in [5.74, 6) is -0.261. The smallest absolute Gasteiger partial charge is 0.275 e. The molecule has 0 aliphatic carbocycles. The lowest BCUT2D eigenvalue weighted by Gasteiger charge is -2.41. The average Bonchev–Trinajstić information content (AvgIpc) is 2.50. The Labute approximate surface area is 94.5 Å². The second-order valence-electron chi connectivity index (χ2n) is 4.81. The number of primary amides is 1. The van der Waals surface area contributed by atoms with Crippen molar-refractivity contribution >= 4 is 15.7 Å². The van der Waals surface area contributed by atoms with Crippen molar-refractivity contribution in [1.82, 2.24) is 0 Å². The van der Waals surface area contributed by atoms with Crippen LogP contribution in [0.2, 0.25) is 0 Å². The SMILES string of the molecule is NC(=O)[C@@H]1C[C@@H](O)C[N+]12CCS(=O)(=O)CC2. The lowest BCUT2D eigenvalue weighted by molar-refractivity contribution is -0.928. The number of aliphatic hydroxyl groups is 1. The third-order valence-corrected chi connectivity index (χ3v) is 5.36. The number of sulfone groups is 1. The van der Waals surface area contributed by atoms with Crippen molar-refractivity contribution in [3.05, 3.63) is 0 Å². The van der Waals surface area contributed by atoms with Crippen molar-refractivity contribution in [2.45, 2.75) is 18.6 Å². The van der Waals surface area contributed by atoms with Gasteiger partial charge in [0.25, 0.3) is 5.91 Å². The predicted molar refractivity (Wildman–Crippen MR) is 57.1 cm³/mol. The molecule has 0 saturated carbocycles. The van der Waals surface area contributed by atoms with Crippen LogP contribution in [0.15, 0.2) is 0 Å². The zero-order chi connectivity index (χ0) is 12.0. The van der Waals surface area contributed by atoms with Crippen molar-refractivity contribution in [3.63, 3.8) is 0 Å². The van der Waals surface area contributed by atoms with Gasteiger partial charge >= 0.3 is 0 Å². The molecule has 6 nitrogen and oxygen atoms in total. The summed E-state index contributed by atoms with van der Waals surface area (Å²) < 4.78 is 23.1. The first-order chi connectivity index (χ1) is 7.35.